The molecular weight excluding hydrogens is 392 g/mol. The summed E-state index contributed by atoms with van der Waals surface area (Å²) >= 11 is 1.73. The van der Waals surface area contributed by atoms with Crippen molar-refractivity contribution < 1.29 is 4.74 Å². The highest BCUT2D eigenvalue weighted by Gasteiger charge is 2.08. The number of benzene rings is 2. The number of nitrogens with zero attached hydrogens (tertiary/aromatic N) is 3. The standard InChI is InChI=1S/C24H20N4OS/c1-2-6-18(7-3-1)17-29-20-9-4-8-19(14-20)22-15-24-26-23(11-12-28(24)27-22)25-16-21-10-5-13-30-21/h1-15H,16-17H2,(H,25,26). The fourth-order valence-electron chi connectivity index (χ4n) is 3.20. The lowest BCUT2D eigenvalue weighted by Crippen LogP contribution is -2.01. The summed E-state index contributed by atoms with van der Waals surface area (Å²) in [6.07, 6.45) is 1.93. The SMILES string of the molecule is c1ccc(COc2cccc(-c3cc4nc(NCc5cccs5)ccn4n3)c2)cc1. The van der Waals surface area contributed by atoms with Crippen LogP contribution in [-0.2, 0) is 13.2 Å². The molecule has 0 bridgehead atoms. The first-order chi connectivity index (χ1) is 14.8. The summed E-state index contributed by atoms with van der Waals surface area (Å²) in [5, 5.41) is 10.1. The van der Waals surface area contributed by atoms with Gasteiger partial charge in [0.2, 0.25) is 0 Å². The Morgan fingerprint density at radius 3 is 2.73 bits per heavy atom. The number of hydrogen-bond acceptors (Lipinski definition) is 5. The fraction of sp³-hybridized carbons (Fsp3) is 0.0833. The lowest BCUT2D eigenvalue weighted by molar-refractivity contribution is 0.306. The van der Waals surface area contributed by atoms with E-state index in [1.807, 2.05) is 60.8 Å². The molecule has 3 aromatic heterocycles. The molecule has 0 unspecified atom stereocenters. The minimum atomic E-state index is 0.538. The molecule has 5 aromatic rings. The molecule has 6 heteroatoms. The maximum atomic E-state index is 5.96. The Morgan fingerprint density at radius 1 is 0.933 bits per heavy atom. The first kappa shape index (κ1) is 18.4. The van der Waals surface area contributed by atoms with Gasteiger partial charge in [0.15, 0.2) is 5.65 Å². The predicted molar refractivity (Wildman–Crippen MR) is 121 cm³/mol. The average molecular weight is 413 g/mol. The number of hydrogen-bond donors (Lipinski definition) is 1. The summed E-state index contributed by atoms with van der Waals surface area (Å²) in [7, 11) is 0. The van der Waals surface area contributed by atoms with Crippen molar-refractivity contribution in [2.24, 2.45) is 0 Å². The van der Waals surface area contributed by atoms with Gasteiger partial charge in [-0.3, -0.25) is 0 Å². The number of thiophene rings is 1. The molecule has 0 saturated carbocycles. The van der Waals surface area contributed by atoms with Gasteiger partial charge < -0.3 is 10.1 Å². The molecule has 148 valence electrons. The number of aromatic nitrogens is 3. The van der Waals surface area contributed by atoms with E-state index >= 15 is 0 Å². The molecule has 1 N–H and O–H groups in total. The van der Waals surface area contributed by atoms with Gasteiger partial charge in [-0.15, -0.1) is 11.3 Å². The van der Waals surface area contributed by atoms with Gasteiger partial charge in [-0.05, 0) is 35.2 Å². The van der Waals surface area contributed by atoms with E-state index < -0.39 is 0 Å². The van der Waals surface area contributed by atoms with E-state index in [9.17, 15) is 0 Å². The van der Waals surface area contributed by atoms with Crippen LogP contribution in [0.5, 0.6) is 5.75 Å². The van der Waals surface area contributed by atoms with Gasteiger partial charge in [-0.1, -0.05) is 48.5 Å². The maximum absolute atomic E-state index is 5.96. The third-order valence-electron chi connectivity index (χ3n) is 4.73. The molecule has 3 heterocycles. The van der Waals surface area contributed by atoms with Gasteiger partial charge in [-0.25, -0.2) is 9.50 Å². The second kappa shape index (κ2) is 8.39. The molecule has 0 aliphatic rings. The van der Waals surface area contributed by atoms with E-state index in [4.69, 9.17) is 4.74 Å². The molecule has 5 nitrogen and oxygen atoms in total. The summed E-state index contributed by atoms with van der Waals surface area (Å²) < 4.78 is 7.75. The third-order valence-corrected chi connectivity index (χ3v) is 5.60. The molecule has 0 amide bonds. The van der Waals surface area contributed by atoms with Crippen molar-refractivity contribution in [1.82, 2.24) is 14.6 Å². The summed E-state index contributed by atoms with van der Waals surface area (Å²) in [6.45, 7) is 1.30. The van der Waals surface area contributed by atoms with Gasteiger partial charge in [-0.2, -0.15) is 5.10 Å². The first-order valence-electron chi connectivity index (χ1n) is 9.73. The second-order valence-corrected chi connectivity index (χ2v) is 7.91. The Kier molecular flexibility index (Phi) is 5.14. The predicted octanol–water partition coefficient (Wildman–Crippen LogP) is 5.65. The Morgan fingerprint density at radius 2 is 1.87 bits per heavy atom. The molecule has 0 radical (unpaired) electrons. The maximum Gasteiger partial charge on any atom is 0.157 e. The van der Waals surface area contributed by atoms with Crippen molar-refractivity contribution in [3.05, 3.63) is 101 Å². The van der Waals surface area contributed by atoms with Crippen molar-refractivity contribution in [1.29, 1.82) is 0 Å². The van der Waals surface area contributed by atoms with Crippen LogP contribution in [0.15, 0.2) is 90.4 Å². The Balaban J connectivity index is 1.32. The van der Waals surface area contributed by atoms with E-state index in [0.717, 1.165) is 40.6 Å². The molecule has 2 aromatic carbocycles. The molecule has 0 saturated heterocycles. The lowest BCUT2D eigenvalue weighted by atomic mass is 10.1. The molecular formula is C24H20N4OS. The molecule has 0 aliphatic carbocycles. The van der Waals surface area contributed by atoms with E-state index in [0.29, 0.717) is 6.61 Å². The lowest BCUT2D eigenvalue weighted by Gasteiger charge is -2.07. The molecule has 5 rings (SSSR count). The minimum absolute atomic E-state index is 0.538. The largest absolute Gasteiger partial charge is 0.489 e. The van der Waals surface area contributed by atoms with Crippen LogP contribution in [-0.4, -0.2) is 14.6 Å². The van der Waals surface area contributed by atoms with Crippen LogP contribution in [0, 0.1) is 0 Å². The van der Waals surface area contributed by atoms with Crippen molar-refractivity contribution >= 4 is 22.8 Å². The number of nitrogens with one attached hydrogen (secondary N) is 1. The van der Waals surface area contributed by atoms with Crippen LogP contribution < -0.4 is 10.1 Å². The second-order valence-electron chi connectivity index (χ2n) is 6.88. The number of ether oxygens (including phenoxy) is 1. The summed E-state index contributed by atoms with van der Waals surface area (Å²) in [5.41, 5.74) is 3.81. The fourth-order valence-corrected chi connectivity index (χ4v) is 3.84. The van der Waals surface area contributed by atoms with Crippen molar-refractivity contribution in [2.45, 2.75) is 13.2 Å². The summed E-state index contributed by atoms with van der Waals surface area (Å²) in [6, 6.07) is 26.3. The summed E-state index contributed by atoms with van der Waals surface area (Å²) in [4.78, 5) is 5.96. The number of anilines is 1. The van der Waals surface area contributed by atoms with Gasteiger partial charge in [0.25, 0.3) is 0 Å². The third kappa shape index (κ3) is 4.18. The van der Waals surface area contributed by atoms with E-state index in [1.165, 1.54) is 4.88 Å². The molecule has 0 aliphatic heterocycles. The quantitative estimate of drug-likeness (QED) is 0.375. The highest BCUT2D eigenvalue weighted by Crippen LogP contribution is 2.25. The molecule has 0 atom stereocenters. The smallest absolute Gasteiger partial charge is 0.157 e. The minimum Gasteiger partial charge on any atom is -0.489 e. The van der Waals surface area contributed by atoms with E-state index in [-0.39, 0.29) is 0 Å². The van der Waals surface area contributed by atoms with Gasteiger partial charge in [0.05, 0.1) is 12.2 Å². The zero-order chi connectivity index (χ0) is 20.2. The van der Waals surface area contributed by atoms with Crippen molar-refractivity contribution in [3.63, 3.8) is 0 Å². The van der Waals surface area contributed by atoms with Crippen LogP contribution in [0.4, 0.5) is 5.82 Å². The van der Waals surface area contributed by atoms with Crippen LogP contribution in [0.25, 0.3) is 16.9 Å². The van der Waals surface area contributed by atoms with E-state index in [2.05, 4.69) is 45.0 Å². The van der Waals surface area contributed by atoms with Crippen LogP contribution >= 0.6 is 11.3 Å². The molecule has 30 heavy (non-hydrogen) atoms. The number of rotatable bonds is 7. The Labute approximate surface area is 178 Å². The van der Waals surface area contributed by atoms with Crippen molar-refractivity contribution in [3.8, 4) is 17.0 Å². The Bertz CT molecular complexity index is 1250. The highest BCUT2D eigenvalue weighted by molar-refractivity contribution is 7.09. The monoisotopic (exact) mass is 412 g/mol. The number of fused-ring (bicyclic) bond motifs is 1. The average Bonchev–Trinajstić information content (AvgIpc) is 3.47. The molecule has 0 spiro atoms. The topological polar surface area (TPSA) is 51.5 Å². The van der Waals surface area contributed by atoms with Crippen LogP contribution in [0.1, 0.15) is 10.4 Å². The Hall–Kier alpha value is -3.64. The van der Waals surface area contributed by atoms with Gasteiger partial charge in [0, 0.05) is 22.7 Å². The first-order valence-corrected chi connectivity index (χ1v) is 10.6. The summed E-state index contributed by atoms with van der Waals surface area (Å²) in [5.74, 6) is 1.65. The van der Waals surface area contributed by atoms with Crippen LogP contribution in [0.3, 0.4) is 0 Å². The zero-order valence-corrected chi connectivity index (χ0v) is 17.0. The zero-order valence-electron chi connectivity index (χ0n) is 16.2. The van der Waals surface area contributed by atoms with E-state index in [1.54, 1.807) is 15.9 Å². The highest BCUT2D eigenvalue weighted by atomic mass is 32.1. The van der Waals surface area contributed by atoms with Crippen LogP contribution in [0.2, 0.25) is 0 Å². The van der Waals surface area contributed by atoms with Gasteiger partial charge >= 0.3 is 0 Å². The molecule has 0 fully saturated rings. The normalized spacial score (nSPS) is 10.9. The van der Waals surface area contributed by atoms with Crippen molar-refractivity contribution in [2.75, 3.05) is 5.32 Å². The van der Waals surface area contributed by atoms with Gasteiger partial charge in [0.1, 0.15) is 18.2 Å².